The summed E-state index contributed by atoms with van der Waals surface area (Å²) in [7, 11) is 0. The summed E-state index contributed by atoms with van der Waals surface area (Å²) in [5.41, 5.74) is 0. The average molecular weight is 956 g/mol. The molecule has 0 heterocycles. The van der Waals surface area contributed by atoms with Crippen LogP contribution < -0.4 is 16.0 Å². The van der Waals surface area contributed by atoms with Gasteiger partial charge in [0.25, 0.3) is 0 Å². The molecule has 0 aromatic carbocycles. The van der Waals surface area contributed by atoms with E-state index in [9.17, 15) is 73.2 Å². The van der Waals surface area contributed by atoms with E-state index in [0.29, 0.717) is 25.8 Å². The molecule has 0 saturated heterocycles. The van der Waals surface area contributed by atoms with Gasteiger partial charge in [-0.2, -0.15) is 0 Å². The van der Waals surface area contributed by atoms with Crippen molar-refractivity contribution in [1.82, 2.24) is 16.0 Å². The molecule has 0 bridgehead atoms. The van der Waals surface area contributed by atoms with Gasteiger partial charge in [-0.1, -0.05) is 90.4 Å². The largest absolute Gasteiger partial charge is 0.481 e. The molecule has 19 heteroatoms. The molecule has 0 radical (unpaired) electrons. The van der Waals surface area contributed by atoms with Crippen molar-refractivity contribution in [3.8, 4) is 0 Å². The Hall–Kier alpha value is -5.23. The second-order valence-corrected chi connectivity index (χ2v) is 17.8. The highest BCUT2D eigenvalue weighted by molar-refractivity contribution is 5.88. The van der Waals surface area contributed by atoms with Crippen molar-refractivity contribution >= 4 is 64.9 Å². The van der Waals surface area contributed by atoms with Gasteiger partial charge in [0.2, 0.25) is 17.7 Å². The second kappa shape index (κ2) is 37.8. The van der Waals surface area contributed by atoms with Gasteiger partial charge in [0.1, 0.15) is 29.4 Å². The Labute approximate surface area is 396 Å². The molecule has 0 fully saturated rings. The van der Waals surface area contributed by atoms with Crippen LogP contribution in [0.15, 0.2) is 0 Å². The number of nitrogens with one attached hydrogen (secondary N) is 3. The van der Waals surface area contributed by atoms with Gasteiger partial charge in [-0.25, -0.2) is 9.59 Å². The molecular weight excluding hydrogens is 875 g/mol. The van der Waals surface area contributed by atoms with Gasteiger partial charge in [0, 0.05) is 65.3 Å². The molecule has 0 unspecified atom stereocenters. The van der Waals surface area contributed by atoms with E-state index >= 15 is 0 Å². The fraction of sp³-hybridized carbons (Fsp3) is 0.771. The molecule has 19 nitrogen and oxygen atoms in total. The second-order valence-electron chi connectivity index (χ2n) is 17.8. The van der Waals surface area contributed by atoms with E-state index in [1.165, 1.54) is 26.2 Å². The highest BCUT2D eigenvalue weighted by Crippen LogP contribution is 2.18. The summed E-state index contributed by atoms with van der Waals surface area (Å²) in [5, 5.41) is 54.5. The summed E-state index contributed by atoms with van der Waals surface area (Å²) < 4.78 is 0. The molecule has 0 spiro atoms. The summed E-state index contributed by atoms with van der Waals surface area (Å²) in [6.07, 6.45) is 13.1. The van der Waals surface area contributed by atoms with E-state index in [1.54, 1.807) is 0 Å². The smallest absolute Gasteiger partial charge is 0.326 e. The van der Waals surface area contributed by atoms with Gasteiger partial charge in [0.05, 0.1) is 11.8 Å². The molecule has 67 heavy (non-hydrogen) atoms. The van der Waals surface area contributed by atoms with Gasteiger partial charge in [0.15, 0.2) is 0 Å². The first-order valence-corrected chi connectivity index (χ1v) is 24.3. The lowest BCUT2D eigenvalue weighted by atomic mass is 9.93. The maximum absolute atomic E-state index is 12.7. The number of rotatable bonds is 45. The van der Waals surface area contributed by atoms with E-state index in [0.717, 1.165) is 70.6 Å². The number of aliphatic carboxylic acids is 5. The number of ketones is 3. The molecule has 8 N–H and O–H groups in total. The van der Waals surface area contributed by atoms with Crippen molar-refractivity contribution in [2.75, 3.05) is 6.54 Å². The van der Waals surface area contributed by atoms with E-state index in [2.05, 4.69) is 16.0 Å². The summed E-state index contributed by atoms with van der Waals surface area (Å²) in [5.74, 6) is -11.8. The number of hydrogen-bond donors (Lipinski definition) is 8. The molecule has 0 aliphatic carbocycles. The van der Waals surface area contributed by atoms with Gasteiger partial charge in [-0.05, 0) is 58.3 Å². The number of unbranched alkanes of at least 4 members (excludes halogenated alkanes) is 14. The molecular formula is C48H81N3O16. The predicted octanol–water partition coefficient (Wildman–Crippen LogP) is 6.65. The van der Waals surface area contributed by atoms with Gasteiger partial charge < -0.3 is 41.5 Å². The zero-order valence-corrected chi connectivity index (χ0v) is 39.8. The normalized spacial score (nSPS) is 13.3. The number of Topliss-reactive ketones (excluding diaryl/α,β-unsaturated/α-hetero) is 3. The van der Waals surface area contributed by atoms with E-state index in [1.807, 2.05) is 6.92 Å². The Balaban J connectivity index is 0. The average Bonchev–Trinajstić information content (AvgIpc) is 3.25. The first kappa shape index (κ1) is 61.8. The minimum atomic E-state index is -1.56. The molecule has 5 atom stereocenters. The van der Waals surface area contributed by atoms with Gasteiger partial charge in [-0.3, -0.25) is 43.2 Å². The van der Waals surface area contributed by atoms with Gasteiger partial charge >= 0.3 is 29.8 Å². The number of carbonyl (C=O) groups is 11. The summed E-state index contributed by atoms with van der Waals surface area (Å²) in [6, 6.07) is -2.92. The fourth-order valence-electron chi connectivity index (χ4n) is 7.43. The van der Waals surface area contributed by atoms with Crippen molar-refractivity contribution in [2.24, 2.45) is 17.8 Å². The fourth-order valence-corrected chi connectivity index (χ4v) is 7.43. The van der Waals surface area contributed by atoms with Crippen molar-refractivity contribution in [1.29, 1.82) is 0 Å². The summed E-state index contributed by atoms with van der Waals surface area (Å²) >= 11 is 0. The molecule has 0 saturated carbocycles. The monoisotopic (exact) mass is 956 g/mol. The molecule has 0 aromatic rings. The Bertz CT molecular complexity index is 1590. The van der Waals surface area contributed by atoms with E-state index < -0.39 is 109 Å². The molecule has 0 rings (SSSR count). The topological polar surface area (TPSA) is 325 Å². The van der Waals surface area contributed by atoms with Crippen molar-refractivity contribution in [2.45, 2.75) is 212 Å². The molecule has 3 amide bonds. The van der Waals surface area contributed by atoms with Crippen LogP contribution in [0.25, 0.3) is 0 Å². The number of carboxylic acid groups (broad SMARTS) is 5. The first-order valence-electron chi connectivity index (χ1n) is 24.3. The van der Waals surface area contributed by atoms with Crippen LogP contribution in [0.5, 0.6) is 0 Å². The number of amides is 3. The third kappa shape index (κ3) is 34.7. The number of carbonyl (C=O) groups excluding carboxylic acids is 6. The molecule has 0 aliphatic heterocycles. The van der Waals surface area contributed by atoms with Crippen LogP contribution in [0.1, 0.15) is 201 Å². The zero-order valence-electron chi connectivity index (χ0n) is 39.8. The lowest BCUT2D eigenvalue weighted by Gasteiger charge is -2.17. The van der Waals surface area contributed by atoms with Crippen molar-refractivity contribution in [3.05, 3.63) is 0 Å². The van der Waals surface area contributed by atoms with Crippen LogP contribution in [0.3, 0.4) is 0 Å². The third-order valence-corrected chi connectivity index (χ3v) is 11.9. The van der Waals surface area contributed by atoms with Crippen molar-refractivity contribution < 1.29 is 79.7 Å². The molecule has 384 valence electrons. The first-order chi connectivity index (χ1) is 31.7. The van der Waals surface area contributed by atoms with Gasteiger partial charge in [-0.15, -0.1) is 0 Å². The Morgan fingerprint density at radius 2 is 0.776 bits per heavy atom. The van der Waals surface area contributed by atoms with Crippen LogP contribution in [0, 0.1) is 17.8 Å². The zero-order chi connectivity index (χ0) is 50.6. The van der Waals surface area contributed by atoms with Crippen LogP contribution in [-0.2, 0) is 52.7 Å². The van der Waals surface area contributed by atoms with Crippen LogP contribution in [0.2, 0.25) is 0 Å². The maximum Gasteiger partial charge on any atom is 0.326 e. The Morgan fingerprint density at radius 3 is 1.15 bits per heavy atom. The number of hydrogen-bond acceptors (Lipinski definition) is 11. The quantitative estimate of drug-likeness (QED) is 0.0296. The van der Waals surface area contributed by atoms with Crippen molar-refractivity contribution in [3.63, 3.8) is 0 Å². The Kier molecular flexibility index (Phi) is 34.9. The highest BCUT2D eigenvalue weighted by Gasteiger charge is 2.28. The van der Waals surface area contributed by atoms with E-state index in [4.69, 9.17) is 5.11 Å². The lowest BCUT2D eigenvalue weighted by Crippen LogP contribution is -2.41. The van der Waals surface area contributed by atoms with Crippen LogP contribution >= 0.6 is 0 Å². The molecule has 0 aromatic heterocycles. The highest BCUT2D eigenvalue weighted by atomic mass is 16.4. The Morgan fingerprint density at radius 1 is 0.403 bits per heavy atom. The van der Waals surface area contributed by atoms with Crippen LogP contribution in [-0.4, -0.2) is 109 Å². The minimum Gasteiger partial charge on any atom is -0.481 e. The summed E-state index contributed by atoms with van der Waals surface area (Å²) in [4.78, 5) is 132. The predicted molar refractivity (Wildman–Crippen MR) is 248 cm³/mol. The standard InChI is InChI=1S/C48H79N3O16.H2/c1-33(34(2)52)19-17-18-30-49-41(55)28-22-35(45(60)61)31-37(53)25-27-40(48(66)67)51-43(57)29-23-36(46(62)63)32-38(54)24-26-39(47(64)65)50-42(56)20-15-13-11-9-7-5-3-4-6-8-10-12-14-16-21-44(58)59;/h33,35-36,39-40H,3-32H2,1-2H3,(H,49,55)(H,50,56)(H,51,57)(H,58,59)(H,60,61)(H,62,63)(H,64,65)(H,66,67);1H/t33-,35+,36+,39-,40-;/m0./s1. The minimum absolute atomic E-state index is 0. The lowest BCUT2D eigenvalue weighted by molar-refractivity contribution is -0.145. The van der Waals surface area contributed by atoms with Crippen LogP contribution in [0.4, 0.5) is 0 Å². The third-order valence-electron chi connectivity index (χ3n) is 11.9. The SMILES string of the molecule is CC(=O)[C@@H](C)CCCCNC(=O)CC[C@H](CC(=O)CC[C@H](NC(=O)CC[C@H](CC(=O)CC[C@H](NC(=O)CCCCCCCCCCCCCCCCC(=O)O)C(=O)O)C(=O)O)C(=O)O)C(=O)O.[HH]. The van der Waals surface area contributed by atoms with E-state index in [-0.39, 0.29) is 64.5 Å². The molecule has 0 aliphatic rings. The maximum atomic E-state index is 12.7. The summed E-state index contributed by atoms with van der Waals surface area (Å²) in [6.45, 7) is 3.69. The number of carboxylic acids is 5.